The zero-order chi connectivity index (χ0) is 17.6. The molecule has 0 saturated heterocycles. The molecule has 0 radical (unpaired) electrons. The summed E-state index contributed by atoms with van der Waals surface area (Å²) in [5.74, 6) is -0.850. The average Bonchev–Trinajstić information content (AvgIpc) is 3.13. The van der Waals surface area contributed by atoms with Gasteiger partial charge in [0.2, 0.25) is 0 Å². The molecule has 0 atom stereocenters. The molecule has 1 aromatic heterocycles. The van der Waals surface area contributed by atoms with E-state index >= 15 is 0 Å². The topological polar surface area (TPSA) is 86.1 Å². The van der Waals surface area contributed by atoms with E-state index in [1.54, 1.807) is 37.4 Å². The molecule has 7 nitrogen and oxygen atoms in total. The van der Waals surface area contributed by atoms with Gasteiger partial charge in [0.1, 0.15) is 0 Å². The highest BCUT2D eigenvalue weighted by Gasteiger charge is 2.13. The van der Waals surface area contributed by atoms with E-state index in [0.717, 1.165) is 5.69 Å². The first-order valence-corrected chi connectivity index (χ1v) is 7.73. The van der Waals surface area contributed by atoms with E-state index in [-0.39, 0.29) is 12.3 Å². The molecule has 126 valence electrons. The van der Waals surface area contributed by atoms with Gasteiger partial charge in [0.05, 0.1) is 24.1 Å². The van der Waals surface area contributed by atoms with Crippen LogP contribution >= 0.6 is 0 Å². The van der Waals surface area contributed by atoms with Gasteiger partial charge in [-0.1, -0.05) is 29.5 Å². The lowest BCUT2D eigenvalue weighted by molar-refractivity contribution is 0.0526. The summed E-state index contributed by atoms with van der Waals surface area (Å²) in [4.78, 5) is 24.1. The molecule has 0 unspecified atom stereocenters. The fourth-order valence-corrected chi connectivity index (χ4v) is 2.21. The Morgan fingerprint density at radius 2 is 1.92 bits per heavy atom. The summed E-state index contributed by atoms with van der Waals surface area (Å²) in [6, 6.07) is 15.9. The normalized spacial score (nSPS) is 10.3. The van der Waals surface area contributed by atoms with E-state index in [0.29, 0.717) is 11.3 Å². The molecule has 0 aliphatic rings. The number of para-hydroxylation sites is 1. The zero-order valence-electron chi connectivity index (χ0n) is 13.5. The lowest BCUT2D eigenvalue weighted by Crippen LogP contribution is -2.13. The number of benzene rings is 2. The second-order valence-corrected chi connectivity index (χ2v) is 5.14. The van der Waals surface area contributed by atoms with E-state index in [1.807, 2.05) is 30.3 Å². The Hall–Kier alpha value is -3.48. The molecule has 0 aliphatic heterocycles. The van der Waals surface area contributed by atoms with Crippen molar-refractivity contribution in [3.05, 3.63) is 72.1 Å². The molecule has 0 fully saturated rings. The number of rotatable bonds is 5. The number of anilines is 1. The SMILES string of the molecule is CCOC(=O)c1cccc(NC(=O)c2cn(-c3ccccc3)nn2)c1. The fraction of sp³-hybridized carbons (Fsp3) is 0.111. The van der Waals surface area contributed by atoms with Crippen LogP contribution < -0.4 is 5.32 Å². The van der Waals surface area contributed by atoms with Crippen molar-refractivity contribution >= 4 is 17.6 Å². The lowest BCUT2D eigenvalue weighted by atomic mass is 10.2. The Kier molecular flexibility index (Phi) is 4.84. The predicted octanol–water partition coefficient (Wildman–Crippen LogP) is 2.70. The molecule has 0 spiro atoms. The third kappa shape index (κ3) is 3.89. The fourth-order valence-electron chi connectivity index (χ4n) is 2.21. The van der Waals surface area contributed by atoms with E-state index < -0.39 is 11.9 Å². The minimum absolute atomic E-state index is 0.172. The summed E-state index contributed by atoms with van der Waals surface area (Å²) in [7, 11) is 0. The number of carbonyl (C=O) groups excluding carboxylic acids is 2. The number of hydrogen-bond acceptors (Lipinski definition) is 5. The maximum absolute atomic E-state index is 12.3. The monoisotopic (exact) mass is 336 g/mol. The largest absolute Gasteiger partial charge is 0.462 e. The number of aromatic nitrogens is 3. The molecule has 0 aliphatic carbocycles. The number of esters is 1. The van der Waals surface area contributed by atoms with Crippen LogP contribution in [0.3, 0.4) is 0 Å². The summed E-state index contributed by atoms with van der Waals surface area (Å²) < 4.78 is 6.47. The van der Waals surface area contributed by atoms with E-state index in [2.05, 4.69) is 15.6 Å². The molecule has 0 bridgehead atoms. The van der Waals surface area contributed by atoms with Crippen molar-refractivity contribution in [1.82, 2.24) is 15.0 Å². The Balaban J connectivity index is 1.74. The molecule has 2 aromatic carbocycles. The molecular formula is C18H16N4O3. The summed E-state index contributed by atoms with van der Waals surface area (Å²) in [5.41, 5.74) is 1.82. The number of ether oxygens (including phenoxy) is 1. The second kappa shape index (κ2) is 7.39. The van der Waals surface area contributed by atoms with Crippen molar-refractivity contribution in [3.8, 4) is 5.69 Å². The zero-order valence-corrected chi connectivity index (χ0v) is 13.5. The first-order valence-electron chi connectivity index (χ1n) is 7.73. The molecule has 1 heterocycles. The van der Waals surface area contributed by atoms with Gasteiger partial charge in [0, 0.05) is 5.69 Å². The maximum atomic E-state index is 12.3. The molecule has 3 rings (SSSR count). The summed E-state index contributed by atoms with van der Waals surface area (Å²) in [6.45, 7) is 2.03. The third-order valence-corrected chi connectivity index (χ3v) is 3.38. The van der Waals surface area contributed by atoms with E-state index in [1.165, 1.54) is 4.68 Å². The van der Waals surface area contributed by atoms with Crippen molar-refractivity contribution in [1.29, 1.82) is 0 Å². The minimum Gasteiger partial charge on any atom is -0.462 e. The molecule has 1 amide bonds. The highest BCUT2D eigenvalue weighted by atomic mass is 16.5. The van der Waals surface area contributed by atoms with Gasteiger partial charge in [0.15, 0.2) is 5.69 Å². The van der Waals surface area contributed by atoms with Gasteiger partial charge >= 0.3 is 5.97 Å². The van der Waals surface area contributed by atoms with Gasteiger partial charge in [-0.2, -0.15) is 0 Å². The van der Waals surface area contributed by atoms with Gasteiger partial charge in [-0.25, -0.2) is 9.48 Å². The quantitative estimate of drug-likeness (QED) is 0.724. The van der Waals surface area contributed by atoms with Crippen LogP contribution in [0.1, 0.15) is 27.8 Å². The van der Waals surface area contributed by atoms with Gasteiger partial charge in [-0.15, -0.1) is 5.10 Å². The maximum Gasteiger partial charge on any atom is 0.338 e. The van der Waals surface area contributed by atoms with Gasteiger partial charge < -0.3 is 10.1 Å². The van der Waals surface area contributed by atoms with Crippen LogP contribution in [0.5, 0.6) is 0 Å². The van der Waals surface area contributed by atoms with Crippen LogP contribution in [0.15, 0.2) is 60.8 Å². The highest BCUT2D eigenvalue weighted by Crippen LogP contribution is 2.13. The van der Waals surface area contributed by atoms with Crippen molar-refractivity contribution in [2.45, 2.75) is 6.92 Å². The molecule has 0 saturated carbocycles. The number of carbonyl (C=O) groups is 2. The third-order valence-electron chi connectivity index (χ3n) is 3.38. The van der Waals surface area contributed by atoms with E-state index in [9.17, 15) is 9.59 Å². The van der Waals surface area contributed by atoms with Crippen LogP contribution in [0, 0.1) is 0 Å². The van der Waals surface area contributed by atoms with Crippen LogP contribution in [0.4, 0.5) is 5.69 Å². The molecule has 7 heteroatoms. The first-order chi connectivity index (χ1) is 12.2. The van der Waals surface area contributed by atoms with Gasteiger partial charge in [-0.05, 0) is 37.3 Å². The van der Waals surface area contributed by atoms with Gasteiger partial charge in [-0.3, -0.25) is 4.79 Å². The lowest BCUT2D eigenvalue weighted by Gasteiger charge is -2.06. The van der Waals surface area contributed by atoms with Crippen molar-refractivity contribution in [2.24, 2.45) is 0 Å². The van der Waals surface area contributed by atoms with Crippen LogP contribution in [-0.4, -0.2) is 33.5 Å². The molecule has 25 heavy (non-hydrogen) atoms. The molecule has 3 aromatic rings. The highest BCUT2D eigenvalue weighted by molar-refractivity contribution is 6.03. The Labute approximate surface area is 144 Å². The smallest absolute Gasteiger partial charge is 0.338 e. The minimum atomic E-state index is -0.436. The van der Waals surface area contributed by atoms with Gasteiger partial charge in [0.25, 0.3) is 5.91 Å². The Morgan fingerprint density at radius 3 is 2.68 bits per heavy atom. The number of nitrogens with zero attached hydrogens (tertiary/aromatic N) is 3. The van der Waals surface area contributed by atoms with Crippen LogP contribution in [0.25, 0.3) is 5.69 Å². The first kappa shape index (κ1) is 16.4. The standard InChI is InChI=1S/C18H16N4O3/c1-2-25-18(24)13-7-6-8-14(11-13)19-17(23)16-12-22(21-20-16)15-9-4-3-5-10-15/h3-12H,2H2,1H3,(H,19,23). The summed E-state index contributed by atoms with van der Waals surface area (Å²) >= 11 is 0. The number of nitrogens with one attached hydrogen (secondary N) is 1. The van der Waals surface area contributed by atoms with E-state index in [4.69, 9.17) is 4.74 Å². The average molecular weight is 336 g/mol. The Morgan fingerprint density at radius 1 is 1.12 bits per heavy atom. The molecule has 1 N–H and O–H groups in total. The van der Waals surface area contributed by atoms with Crippen molar-refractivity contribution in [2.75, 3.05) is 11.9 Å². The molecular weight excluding hydrogens is 320 g/mol. The summed E-state index contributed by atoms with van der Waals surface area (Å²) in [6.07, 6.45) is 1.54. The van der Waals surface area contributed by atoms with Crippen molar-refractivity contribution < 1.29 is 14.3 Å². The second-order valence-electron chi connectivity index (χ2n) is 5.14. The predicted molar refractivity (Wildman–Crippen MR) is 91.7 cm³/mol. The Bertz CT molecular complexity index is 890. The van der Waals surface area contributed by atoms with Crippen molar-refractivity contribution in [3.63, 3.8) is 0 Å². The number of amides is 1. The van der Waals surface area contributed by atoms with Crippen LogP contribution in [-0.2, 0) is 4.74 Å². The summed E-state index contributed by atoms with van der Waals surface area (Å²) in [5, 5.41) is 10.5. The van der Waals surface area contributed by atoms with Crippen LogP contribution in [0.2, 0.25) is 0 Å². The number of hydrogen-bond donors (Lipinski definition) is 1.